The van der Waals surface area contributed by atoms with Crippen LogP contribution in [0.15, 0.2) is 48.7 Å². The third kappa shape index (κ3) is 2.55. The highest BCUT2D eigenvalue weighted by Crippen LogP contribution is 2.43. The molecule has 6 heteroatoms. The van der Waals surface area contributed by atoms with E-state index >= 15 is 0 Å². The molecule has 5 rings (SSSR count). The average molecular weight is 330 g/mol. The number of anilines is 2. The molecule has 4 aromatic rings. The summed E-state index contributed by atoms with van der Waals surface area (Å²) in [5, 5.41) is 16.3. The van der Waals surface area contributed by atoms with Crippen molar-refractivity contribution in [1.29, 1.82) is 0 Å². The molecule has 0 spiro atoms. The lowest BCUT2D eigenvalue weighted by Gasteiger charge is -2.07. The number of pyridine rings is 1. The quantitative estimate of drug-likeness (QED) is 0.594. The Kier molecular flexibility index (Phi) is 3.09. The van der Waals surface area contributed by atoms with Crippen LogP contribution in [0.5, 0.6) is 0 Å². The van der Waals surface area contributed by atoms with Crippen molar-refractivity contribution in [3.63, 3.8) is 0 Å². The van der Waals surface area contributed by atoms with Gasteiger partial charge in [-0.05, 0) is 36.0 Å². The summed E-state index contributed by atoms with van der Waals surface area (Å²) < 4.78 is 1.83. The molecule has 1 aliphatic carbocycles. The van der Waals surface area contributed by atoms with Crippen molar-refractivity contribution >= 4 is 22.7 Å². The SMILES string of the molecule is Cn1ncc2c(C3CC3)cc(Nc3cc(-c4ccccc4)[nH]n3)nc21. The zero-order chi connectivity index (χ0) is 16.8. The molecule has 2 N–H and O–H groups in total. The Morgan fingerprint density at radius 1 is 1.12 bits per heavy atom. The van der Waals surface area contributed by atoms with Gasteiger partial charge in [0, 0.05) is 18.5 Å². The van der Waals surface area contributed by atoms with Crippen molar-refractivity contribution in [2.45, 2.75) is 18.8 Å². The van der Waals surface area contributed by atoms with Crippen LogP contribution in [0.25, 0.3) is 22.3 Å². The molecule has 1 aromatic carbocycles. The molecule has 3 aromatic heterocycles. The minimum Gasteiger partial charge on any atom is -0.323 e. The van der Waals surface area contributed by atoms with Crippen molar-refractivity contribution in [1.82, 2.24) is 25.0 Å². The van der Waals surface area contributed by atoms with Gasteiger partial charge in [0.2, 0.25) is 0 Å². The molecule has 1 aliphatic rings. The summed E-state index contributed by atoms with van der Waals surface area (Å²) in [6.45, 7) is 0. The number of benzene rings is 1. The van der Waals surface area contributed by atoms with Crippen LogP contribution in [-0.4, -0.2) is 25.0 Å². The lowest BCUT2D eigenvalue weighted by atomic mass is 10.1. The van der Waals surface area contributed by atoms with E-state index in [9.17, 15) is 0 Å². The second kappa shape index (κ2) is 5.44. The first-order valence-corrected chi connectivity index (χ1v) is 8.48. The van der Waals surface area contributed by atoms with Crippen molar-refractivity contribution < 1.29 is 0 Å². The number of nitrogens with one attached hydrogen (secondary N) is 2. The smallest absolute Gasteiger partial charge is 0.160 e. The predicted octanol–water partition coefficient (Wildman–Crippen LogP) is 3.98. The van der Waals surface area contributed by atoms with E-state index in [0.29, 0.717) is 5.92 Å². The molecule has 0 saturated heterocycles. The van der Waals surface area contributed by atoms with E-state index in [2.05, 4.69) is 38.8 Å². The summed E-state index contributed by atoms with van der Waals surface area (Å²) in [5.41, 5.74) is 4.33. The third-order valence-corrected chi connectivity index (χ3v) is 4.67. The number of nitrogens with zero attached hydrogens (tertiary/aromatic N) is 4. The fourth-order valence-electron chi connectivity index (χ4n) is 3.22. The van der Waals surface area contributed by atoms with Crippen LogP contribution in [0.3, 0.4) is 0 Å². The van der Waals surface area contributed by atoms with Gasteiger partial charge in [-0.25, -0.2) is 4.98 Å². The molecule has 0 radical (unpaired) electrons. The molecule has 25 heavy (non-hydrogen) atoms. The predicted molar refractivity (Wildman–Crippen MR) is 97.8 cm³/mol. The van der Waals surface area contributed by atoms with Crippen LogP contribution in [0.4, 0.5) is 11.6 Å². The van der Waals surface area contributed by atoms with Crippen LogP contribution in [0.2, 0.25) is 0 Å². The number of aromatic amines is 1. The van der Waals surface area contributed by atoms with E-state index in [0.717, 1.165) is 33.9 Å². The van der Waals surface area contributed by atoms with E-state index in [4.69, 9.17) is 4.98 Å². The van der Waals surface area contributed by atoms with Gasteiger partial charge in [-0.3, -0.25) is 9.78 Å². The number of aryl methyl sites for hydroxylation is 1. The van der Waals surface area contributed by atoms with Gasteiger partial charge in [0.05, 0.1) is 11.9 Å². The highest BCUT2D eigenvalue weighted by Gasteiger charge is 2.27. The molecule has 1 saturated carbocycles. The number of hydrogen-bond acceptors (Lipinski definition) is 4. The summed E-state index contributed by atoms with van der Waals surface area (Å²) in [6, 6.07) is 14.3. The van der Waals surface area contributed by atoms with Crippen molar-refractivity contribution in [2.75, 3.05) is 5.32 Å². The van der Waals surface area contributed by atoms with Gasteiger partial charge in [0.15, 0.2) is 11.5 Å². The lowest BCUT2D eigenvalue weighted by Crippen LogP contribution is -1.99. The molecule has 0 amide bonds. The van der Waals surface area contributed by atoms with Gasteiger partial charge in [0.25, 0.3) is 0 Å². The first-order chi connectivity index (χ1) is 12.3. The topological polar surface area (TPSA) is 71.4 Å². The van der Waals surface area contributed by atoms with Gasteiger partial charge in [-0.2, -0.15) is 10.2 Å². The Bertz CT molecular complexity index is 1040. The summed E-state index contributed by atoms with van der Waals surface area (Å²) >= 11 is 0. The largest absolute Gasteiger partial charge is 0.323 e. The molecular weight excluding hydrogens is 312 g/mol. The van der Waals surface area contributed by atoms with E-state index in [-0.39, 0.29) is 0 Å². The zero-order valence-corrected chi connectivity index (χ0v) is 13.9. The molecule has 6 nitrogen and oxygen atoms in total. The highest BCUT2D eigenvalue weighted by molar-refractivity contribution is 5.82. The first kappa shape index (κ1) is 14.2. The normalized spacial score (nSPS) is 14.1. The molecular formula is C19H18N6. The maximum atomic E-state index is 4.72. The Hall–Kier alpha value is -3.15. The summed E-state index contributed by atoms with van der Waals surface area (Å²) in [7, 11) is 1.93. The molecule has 1 fully saturated rings. The van der Waals surface area contributed by atoms with Crippen molar-refractivity contribution in [3.05, 3.63) is 54.2 Å². The van der Waals surface area contributed by atoms with Crippen molar-refractivity contribution in [2.24, 2.45) is 7.05 Å². The Morgan fingerprint density at radius 3 is 2.76 bits per heavy atom. The van der Waals surface area contributed by atoms with Crippen LogP contribution < -0.4 is 5.32 Å². The summed E-state index contributed by atoms with van der Waals surface area (Å²) in [5.74, 6) is 2.20. The zero-order valence-electron chi connectivity index (χ0n) is 13.9. The van der Waals surface area contributed by atoms with E-state index in [1.807, 2.05) is 42.2 Å². The molecule has 0 unspecified atom stereocenters. The van der Waals surface area contributed by atoms with Crippen LogP contribution in [-0.2, 0) is 7.05 Å². The second-order valence-electron chi connectivity index (χ2n) is 6.53. The van der Waals surface area contributed by atoms with Gasteiger partial charge in [-0.1, -0.05) is 30.3 Å². The lowest BCUT2D eigenvalue weighted by molar-refractivity contribution is 0.786. The molecule has 3 heterocycles. The number of aromatic nitrogens is 5. The Morgan fingerprint density at radius 2 is 1.96 bits per heavy atom. The monoisotopic (exact) mass is 330 g/mol. The molecule has 124 valence electrons. The minimum absolute atomic E-state index is 0.634. The van der Waals surface area contributed by atoms with Gasteiger partial charge in [0.1, 0.15) is 5.82 Å². The maximum absolute atomic E-state index is 4.72. The molecule has 0 atom stereocenters. The average Bonchev–Trinajstić information content (AvgIpc) is 3.28. The molecule has 0 aliphatic heterocycles. The summed E-state index contributed by atoms with van der Waals surface area (Å²) in [4.78, 5) is 4.72. The number of rotatable bonds is 4. The third-order valence-electron chi connectivity index (χ3n) is 4.67. The fourth-order valence-corrected chi connectivity index (χ4v) is 3.22. The van der Waals surface area contributed by atoms with Crippen LogP contribution in [0, 0.1) is 0 Å². The summed E-state index contributed by atoms with van der Waals surface area (Å²) in [6.07, 6.45) is 4.41. The second-order valence-corrected chi connectivity index (χ2v) is 6.53. The minimum atomic E-state index is 0.634. The number of hydrogen-bond donors (Lipinski definition) is 2. The van der Waals surface area contributed by atoms with E-state index in [1.54, 1.807) is 0 Å². The Labute approximate surface area is 144 Å². The fraction of sp³-hybridized carbons (Fsp3) is 0.211. The van der Waals surface area contributed by atoms with Crippen LogP contribution in [0.1, 0.15) is 24.3 Å². The number of H-pyrrole nitrogens is 1. The van der Waals surface area contributed by atoms with E-state index < -0.39 is 0 Å². The number of fused-ring (bicyclic) bond motifs is 1. The molecule has 0 bridgehead atoms. The standard InChI is InChI=1S/C19H18N6/c1-25-19-15(11-20-25)14(12-7-8-12)9-17(22-19)21-18-10-16(23-24-18)13-5-3-2-4-6-13/h2-6,9-12H,7-8H2,1H3,(H2,21,22,23,24). The van der Waals surface area contributed by atoms with Crippen LogP contribution >= 0.6 is 0 Å². The van der Waals surface area contributed by atoms with Gasteiger partial charge < -0.3 is 5.32 Å². The first-order valence-electron chi connectivity index (χ1n) is 8.48. The Balaban J connectivity index is 1.50. The van der Waals surface area contributed by atoms with Gasteiger partial charge >= 0.3 is 0 Å². The van der Waals surface area contributed by atoms with Gasteiger partial charge in [-0.15, -0.1) is 0 Å². The van der Waals surface area contributed by atoms with E-state index in [1.165, 1.54) is 18.4 Å². The maximum Gasteiger partial charge on any atom is 0.160 e. The highest BCUT2D eigenvalue weighted by atomic mass is 15.3. The van der Waals surface area contributed by atoms with Crippen molar-refractivity contribution in [3.8, 4) is 11.3 Å².